The highest BCUT2D eigenvalue weighted by atomic mass is 16.3. The Balaban J connectivity index is 3.06. The molecule has 0 aliphatic heterocycles. The molecule has 0 amide bonds. The van der Waals surface area contributed by atoms with Crippen molar-refractivity contribution < 1.29 is 9.90 Å². The van der Waals surface area contributed by atoms with Crippen molar-refractivity contribution in [3.05, 3.63) is 23.5 Å². The fourth-order valence-electron chi connectivity index (χ4n) is 1.44. The highest BCUT2D eigenvalue weighted by molar-refractivity contribution is 6.08. The minimum atomic E-state index is -0.231. The molecule has 0 aromatic heterocycles. The molecule has 1 N–H and O–H groups in total. The summed E-state index contributed by atoms with van der Waals surface area (Å²) in [6, 6.07) is 0. The number of rotatable bonds is 0. The van der Waals surface area contributed by atoms with Crippen molar-refractivity contribution in [2.75, 3.05) is 0 Å². The van der Waals surface area contributed by atoms with E-state index in [0.717, 1.165) is 0 Å². The average molecular weight is 180 g/mol. The van der Waals surface area contributed by atoms with Crippen LogP contribution in [0, 0.1) is 11.3 Å². The van der Waals surface area contributed by atoms with Crippen LogP contribution < -0.4 is 0 Å². The highest BCUT2D eigenvalue weighted by Crippen LogP contribution is 2.31. The van der Waals surface area contributed by atoms with Gasteiger partial charge in [0, 0.05) is 5.57 Å². The number of aliphatic hydroxyl groups excluding tert-OH is 1. The molecule has 0 fully saturated rings. The number of allylic oxidation sites excluding steroid dienone is 3. The van der Waals surface area contributed by atoms with E-state index in [4.69, 9.17) is 0 Å². The van der Waals surface area contributed by atoms with E-state index >= 15 is 0 Å². The van der Waals surface area contributed by atoms with Crippen molar-refractivity contribution in [2.24, 2.45) is 11.3 Å². The molecule has 0 aromatic carbocycles. The van der Waals surface area contributed by atoms with Crippen LogP contribution in [0.5, 0.6) is 0 Å². The van der Waals surface area contributed by atoms with Gasteiger partial charge in [0.15, 0.2) is 5.76 Å². The molecule has 72 valence electrons. The number of Topliss-reactive ketones (excluding diaryl/α,β-unsaturated/α-hetero) is 1. The van der Waals surface area contributed by atoms with Gasteiger partial charge in [-0.25, -0.2) is 0 Å². The fraction of sp³-hybridized carbons (Fsp3) is 0.545. The van der Waals surface area contributed by atoms with E-state index in [9.17, 15) is 9.90 Å². The van der Waals surface area contributed by atoms with Gasteiger partial charge in [0.2, 0.25) is 5.78 Å². The van der Waals surface area contributed by atoms with Gasteiger partial charge >= 0.3 is 0 Å². The molecular formula is C11H16O2. The summed E-state index contributed by atoms with van der Waals surface area (Å²) in [4.78, 5) is 11.5. The largest absolute Gasteiger partial charge is 0.504 e. The van der Waals surface area contributed by atoms with Crippen LogP contribution in [-0.4, -0.2) is 10.9 Å². The van der Waals surface area contributed by atoms with Crippen molar-refractivity contribution in [3.8, 4) is 0 Å². The minimum absolute atomic E-state index is 0.111. The molecule has 1 aliphatic rings. The lowest BCUT2D eigenvalue weighted by atomic mass is 9.79. The topological polar surface area (TPSA) is 37.3 Å². The number of ketones is 1. The van der Waals surface area contributed by atoms with Gasteiger partial charge in [-0.1, -0.05) is 33.8 Å². The first-order valence-corrected chi connectivity index (χ1v) is 4.50. The molecule has 0 spiro atoms. The summed E-state index contributed by atoms with van der Waals surface area (Å²) in [5.74, 6) is -0.197. The lowest BCUT2D eigenvalue weighted by Crippen LogP contribution is -2.23. The molecule has 13 heavy (non-hydrogen) atoms. The maximum absolute atomic E-state index is 11.5. The third-order valence-corrected chi connectivity index (χ3v) is 2.14. The van der Waals surface area contributed by atoms with Crippen LogP contribution in [0.3, 0.4) is 0 Å². The van der Waals surface area contributed by atoms with E-state index in [2.05, 4.69) is 0 Å². The first-order chi connectivity index (χ1) is 5.82. The van der Waals surface area contributed by atoms with Gasteiger partial charge in [0.25, 0.3) is 0 Å². The molecule has 0 bridgehead atoms. The van der Waals surface area contributed by atoms with Crippen LogP contribution in [-0.2, 0) is 4.79 Å². The van der Waals surface area contributed by atoms with E-state index in [1.807, 2.05) is 33.8 Å². The second-order valence-corrected chi connectivity index (χ2v) is 4.57. The van der Waals surface area contributed by atoms with Gasteiger partial charge < -0.3 is 5.11 Å². The molecule has 2 nitrogen and oxygen atoms in total. The first kappa shape index (κ1) is 10.0. The normalized spacial score (nSPS) is 24.0. The van der Waals surface area contributed by atoms with Gasteiger partial charge in [-0.3, -0.25) is 4.79 Å². The zero-order valence-electron chi connectivity index (χ0n) is 8.59. The lowest BCUT2D eigenvalue weighted by molar-refractivity contribution is -0.115. The number of carbonyl (C=O) groups excluding carboxylic acids is 1. The summed E-state index contributed by atoms with van der Waals surface area (Å²) in [5.41, 5.74) is 0.521. The summed E-state index contributed by atoms with van der Waals surface area (Å²) in [6.45, 7) is 7.88. The number of aliphatic hydroxyl groups is 1. The van der Waals surface area contributed by atoms with E-state index in [1.165, 1.54) is 0 Å². The second-order valence-electron chi connectivity index (χ2n) is 4.57. The zero-order valence-corrected chi connectivity index (χ0v) is 8.59. The Morgan fingerprint density at radius 1 is 1.31 bits per heavy atom. The number of hydrogen-bond acceptors (Lipinski definition) is 2. The van der Waals surface area contributed by atoms with Crippen LogP contribution in [0.1, 0.15) is 27.7 Å². The Labute approximate surface area is 79.0 Å². The van der Waals surface area contributed by atoms with E-state index < -0.39 is 0 Å². The van der Waals surface area contributed by atoms with Gasteiger partial charge in [0.1, 0.15) is 0 Å². The molecule has 2 heteroatoms. The van der Waals surface area contributed by atoms with E-state index in [0.29, 0.717) is 5.57 Å². The molecule has 0 saturated heterocycles. The summed E-state index contributed by atoms with van der Waals surface area (Å²) in [6.07, 6.45) is 3.50. The standard InChI is InChI=1S/C11H16O2/c1-7-5-8(11(2,3)4)10(13)9(12)6-7/h5-7,12H,1-4H3. The van der Waals surface area contributed by atoms with Crippen LogP contribution in [0.4, 0.5) is 0 Å². The molecule has 0 aromatic rings. The Morgan fingerprint density at radius 2 is 1.85 bits per heavy atom. The first-order valence-electron chi connectivity index (χ1n) is 4.50. The molecule has 1 atom stereocenters. The molecule has 0 radical (unpaired) electrons. The molecule has 1 unspecified atom stereocenters. The molecule has 0 heterocycles. The third kappa shape index (κ3) is 2.00. The molecule has 0 saturated carbocycles. The fourth-order valence-corrected chi connectivity index (χ4v) is 1.44. The average Bonchev–Trinajstić information content (AvgIpc) is 1.94. The number of hydrogen-bond donors (Lipinski definition) is 1. The van der Waals surface area contributed by atoms with Crippen molar-refractivity contribution in [1.29, 1.82) is 0 Å². The van der Waals surface area contributed by atoms with E-state index in [-0.39, 0.29) is 22.9 Å². The third-order valence-electron chi connectivity index (χ3n) is 2.14. The monoisotopic (exact) mass is 180 g/mol. The predicted octanol–water partition coefficient (Wildman–Crippen LogP) is 2.62. The lowest BCUT2D eigenvalue weighted by Gasteiger charge is -2.25. The zero-order chi connectivity index (χ0) is 10.2. The van der Waals surface area contributed by atoms with Crippen LogP contribution in [0.15, 0.2) is 23.5 Å². The maximum atomic E-state index is 11.5. The molecule has 1 rings (SSSR count). The molecule has 1 aliphatic carbocycles. The Bertz CT molecular complexity index is 290. The van der Waals surface area contributed by atoms with Crippen LogP contribution in [0.2, 0.25) is 0 Å². The Morgan fingerprint density at radius 3 is 2.31 bits per heavy atom. The van der Waals surface area contributed by atoms with Crippen molar-refractivity contribution >= 4 is 5.78 Å². The number of carbonyl (C=O) groups is 1. The molecular weight excluding hydrogens is 164 g/mol. The maximum Gasteiger partial charge on any atom is 0.223 e. The van der Waals surface area contributed by atoms with Crippen LogP contribution in [0.25, 0.3) is 0 Å². The summed E-state index contributed by atoms with van der Waals surface area (Å²) in [5, 5.41) is 9.35. The minimum Gasteiger partial charge on any atom is -0.504 e. The Hall–Kier alpha value is -1.05. The Kier molecular flexibility index (Phi) is 2.33. The van der Waals surface area contributed by atoms with Gasteiger partial charge in [0.05, 0.1) is 0 Å². The van der Waals surface area contributed by atoms with Crippen molar-refractivity contribution in [2.45, 2.75) is 27.7 Å². The van der Waals surface area contributed by atoms with Gasteiger partial charge in [-0.05, 0) is 17.4 Å². The highest BCUT2D eigenvalue weighted by Gasteiger charge is 2.29. The van der Waals surface area contributed by atoms with Gasteiger partial charge in [-0.15, -0.1) is 0 Å². The van der Waals surface area contributed by atoms with Crippen LogP contribution >= 0.6 is 0 Å². The van der Waals surface area contributed by atoms with E-state index in [1.54, 1.807) is 6.08 Å². The summed E-state index contributed by atoms with van der Waals surface area (Å²) in [7, 11) is 0. The smallest absolute Gasteiger partial charge is 0.223 e. The second kappa shape index (κ2) is 3.02. The predicted molar refractivity (Wildman–Crippen MR) is 52.4 cm³/mol. The van der Waals surface area contributed by atoms with Crippen molar-refractivity contribution in [3.63, 3.8) is 0 Å². The van der Waals surface area contributed by atoms with Crippen molar-refractivity contribution in [1.82, 2.24) is 0 Å². The summed E-state index contributed by atoms with van der Waals surface area (Å²) < 4.78 is 0. The quantitative estimate of drug-likeness (QED) is 0.622. The summed E-state index contributed by atoms with van der Waals surface area (Å²) >= 11 is 0. The van der Waals surface area contributed by atoms with Gasteiger partial charge in [-0.2, -0.15) is 0 Å². The SMILES string of the molecule is CC1C=C(O)C(=O)C(C(C)(C)C)=C1.